The average Bonchev–Trinajstić information content (AvgIpc) is 2.26. The van der Waals surface area contributed by atoms with Crippen molar-refractivity contribution in [1.29, 1.82) is 0 Å². The summed E-state index contributed by atoms with van der Waals surface area (Å²) in [7, 11) is 0. The van der Waals surface area contributed by atoms with Gasteiger partial charge in [0.05, 0.1) is 11.0 Å². The van der Waals surface area contributed by atoms with Crippen molar-refractivity contribution in [2.24, 2.45) is 0 Å². The van der Waals surface area contributed by atoms with E-state index < -0.39 is 41.1 Å². The Bertz CT molecular complexity index is 431. The van der Waals surface area contributed by atoms with Gasteiger partial charge in [0, 0.05) is 6.61 Å². The second-order valence-corrected chi connectivity index (χ2v) is 3.61. The number of hydrogen-bond acceptors (Lipinski definition) is 5. The standard InChI is InChI=1S/C10H11F2NO5/c11-6-3-5(10(16)8(15)1-2-14)4-7(12)9(6)13(17)18/h3-4,8,10,14-16H,1-2H2. The lowest BCUT2D eigenvalue weighted by Gasteiger charge is -2.17. The van der Waals surface area contributed by atoms with Crippen molar-refractivity contribution in [2.75, 3.05) is 6.61 Å². The zero-order chi connectivity index (χ0) is 13.9. The Morgan fingerprint density at radius 1 is 1.28 bits per heavy atom. The molecular weight excluding hydrogens is 252 g/mol. The number of aliphatic hydroxyl groups is 3. The molecule has 100 valence electrons. The summed E-state index contributed by atoms with van der Waals surface area (Å²) in [6.45, 7) is -0.420. The lowest BCUT2D eigenvalue weighted by molar-refractivity contribution is -0.390. The van der Waals surface area contributed by atoms with Gasteiger partial charge in [0.15, 0.2) is 0 Å². The van der Waals surface area contributed by atoms with Crippen molar-refractivity contribution in [3.63, 3.8) is 0 Å². The molecule has 2 atom stereocenters. The van der Waals surface area contributed by atoms with Crippen LogP contribution in [0.2, 0.25) is 0 Å². The highest BCUT2D eigenvalue weighted by molar-refractivity contribution is 5.38. The molecule has 0 saturated carbocycles. The number of nitro groups is 1. The normalized spacial score (nSPS) is 14.3. The maximum Gasteiger partial charge on any atom is 0.340 e. The van der Waals surface area contributed by atoms with Gasteiger partial charge in [0.1, 0.15) is 6.10 Å². The van der Waals surface area contributed by atoms with Crippen molar-refractivity contribution in [3.8, 4) is 0 Å². The fourth-order valence-electron chi connectivity index (χ4n) is 1.44. The molecule has 3 N–H and O–H groups in total. The monoisotopic (exact) mass is 263 g/mol. The fraction of sp³-hybridized carbons (Fsp3) is 0.400. The lowest BCUT2D eigenvalue weighted by atomic mass is 10.0. The van der Waals surface area contributed by atoms with E-state index in [2.05, 4.69) is 0 Å². The molecule has 0 spiro atoms. The largest absolute Gasteiger partial charge is 0.396 e. The van der Waals surface area contributed by atoms with Gasteiger partial charge in [-0.15, -0.1) is 0 Å². The third-order valence-corrected chi connectivity index (χ3v) is 2.35. The van der Waals surface area contributed by atoms with Gasteiger partial charge in [-0.25, -0.2) is 0 Å². The Labute approximate surface area is 100 Å². The van der Waals surface area contributed by atoms with Gasteiger partial charge < -0.3 is 15.3 Å². The number of aliphatic hydroxyl groups excluding tert-OH is 3. The highest BCUT2D eigenvalue weighted by Crippen LogP contribution is 2.27. The van der Waals surface area contributed by atoms with Gasteiger partial charge in [0.25, 0.3) is 0 Å². The van der Waals surface area contributed by atoms with Crippen LogP contribution in [0.25, 0.3) is 0 Å². The first-order valence-electron chi connectivity index (χ1n) is 4.98. The zero-order valence-corrected chi connectivity index (χ0v) is 9.08. The zero-order valence-electron chi connectivity index (χ0n) is 9.08. The first-order chi connectivity index (χ1) is 8.38. The maximum absolute atomic E-state index is 13.2. The first-order valence-corrected chi connectivity index (χ1v) is 4.98. The highest BCUT2D eigenvalue weighted by atomic mass is 19.1. The van der Waals surface area contributed by atoms with Gasteiger partial charge in [0.2, 0.25) is 11.6 Å². The molecule has 1 aromatic carbocycles. The van der Waals surface area contributed by atoms with Crippen molar-refractivity contribution in [2.45, 2.75) is 18.6 Å². The van der Waals surface area contributed by atoms with Gasteiger partial charge >= 0.3 is 5.69 Å². The summed E-state index contributed by atoms with van der Waals surface area (Å²) in [4.78, 5) is 9.12. The second-order valence-electron chi connectivity index (χ2n) is 3.61. The molecule has 2 unspecified atom stereocenters. The van der Waals surface area contributed by atoms with E-state index in [1.54, 1.807) is 0 Å². The first kappa shape index (κ1) is 14.4. The maximum atomic E-state index is 13.2. The quantitative estimate of drug-likeness (QED) is 0.534. The van der Waals surface area contributed by atoms with Gasteiger partial charge in [-0.1, -0.05) is 0 Å². The van der Waals surface area contributed by atoms with Crippen LogP contribution in [0.1, 0.15) is 18.1 Å². The van der Waals surface area contributed by atoms with Crippen molar-refractivity contribution >= 4 is 5.69 Å². The smallest absolute Gasteiger partial charge is 0.340 e. The summed E-state index contributed by atoms with van der Waals surface area (Å²) in [6.07, 6.45) is -3.25. The Morgan fingerprint density at radius 3 is 2.17 bits per heavy atom. The van der Waals surface area contributed by atoms with Crippen LogP contribution in [-0.4, -0.2) is 33.0 Å². The predicted octanol–water partition coefficient (Wildman–Crippen LogP) is 0.650. The minimum atomic E-state index is -1.64. The molecule has 0 heterocycles. The molecular formula is C10H11F2NO5. The summed E-state index contributed by atoms with van der Waals surface area (Å²) < 4.78 is 26.5. The number of hydrogen-bond donors (Lipinski definition) is 3. The van der Waals surface area contributed by atoms with Crippen LogP contribution in [0.5, 0.6) is 0 Å². The topological polar surface area (TPSA) is 104 Å². The third-order valence-electron chi connectivity index (χ3n) is 2.35. The molecule has 1 aromatic rings. The molecule has 0 radical (unpaired) electrons. The summed E-state index contributed by atoms with van der Waals surface area (Å²) in [5.74, 6) is -2.88. The molecule has 1 rings (SSSR count). The Balaban J connectivity index is 3.10. The van der Waals surface area contributed by atoms with Crippen LogP contribution in [0.15, 0.2) is 12.1 Å². The van der Waals surface area contributed by atoms with Crippen LogP contribution in [0.4, 0.5) is 14.5 Å². The number of rotatable bonds is 5. The van der Waals surface area contributed by atoms with E-state index in [4.69, 9.17) is 5.11 Å². The molecule has 0 amide bonds. The number of benzene rings is 1. The predicted molar refractivity (Wildman–Crippen MR) is 55.7 cm³/mol. The third kappa shape index (κ3) is 2.97. The molecule has 0 aromatic heterocycles. The van der Waals surface area contributed by atoms with Gasteiger partial charge in [-0.05, 0) is 24.1 Å². The van der Waals surface area contributed by atoms with E-state index in [0.717, 1.165) is 0 Å². The van der Waals surface area contributed by atoms with E-state index in [0.29, 0.717) is 12.1 Å². The Hall–Kier alpha value is -1.64. The number of nitro benzene ring substituents is 1. The van der Waals surface area contributed by atoms with E-state index in [1.807, 2.05) is 0 Å². The summed E-state index contributed by atoms with van der Waals surface area (Å²) in [5.41, 5.74) is -1.65. The van der Waals surface area contributed by atoms with Crippen LogP contribution in [0.3, 0.4) is 0 Å². The number of halogens is 2. The van der Waals surface area contributed by atoms with E-state index in [1.165, 1.54) is 0 Å². The molecule has 18 heavy (non-hydrogen) atoms. The second kappa shape index (κ2) is 5.80. The fourth-order valence-corrected chi connectivity index (χ4v) is 1.44. The lowest BCUT2D eigenvalue weighted by Crippen LogP contribution is -2.20. The van der Waals surface area contributed by atoms with Crippen LogP contribution in [-0.2, 0) is 0 Å². The van der Waals surface area contributed by atoms with Gasteiger partial charge in [-0.2, -0.15) is 8.78 Å². The Kier molecular flexibility index (Phi) is 4.65. The molecule has 0 saturated heterocycles. The highest BCUT2D eigenvalue weighted by Gasteiger charge is 2.26. The molecule has 0 aliphatic heterocycles. The SMILES string of the molecule is O=[N+]([O-])c1c(F)cc(C(O)C(O)CCO)cc1F. The summed E-state index contributed by atoms with van der Waals surface area (Å²) in [5, 5.41) is 37.8. The minimum Gasteiger partial charge on any atom is -0.396 e. The molecule has 8 heteroatoms. The van der Waals surface area contributed by atoms with E-state index in [9.17, 15) is 29.1 Å². The van der Waals surface area contributed by atoms with Crippen LogP contribution >= 0.6 is 0 Å². The minimum absolute atomic E-state index is 0.193. The average molecular weight is 263 g/mol. The van der Waals surface area contributed by atoms with Crippen molar-refractivity contribution < 1.29 is 29.0 Å². The van der Waals surface area contributed by atoms with Crippen molar-refractivity contribution in [3.05, 3.63) is 39.4 Å². The van der Waals surface area contributed by atoms with E-state index >= 15 is 0 Å². The van der Waals surface area contributed by atoms with Crippen LogP contribution < -0.4 is 0 Å². The summed E-state index contributed by atoms with van der Waals surface area (Å²) >= 11 is 0. The molecule has 0 aliphatic rings. The van der Waals surface area contributed by atoms with Gasteiger partial charge in [-0.3, -0.25) is 10.1 Å². The molecule has 6 nitrogen and oxygen atoms in total. The summed E-state index contributed by atoms with van der Waals surface area (Å²) in [6, 6.07) is 1.15. The molecule has 0 bridgehead atoms. The molecule has 0 aliphatic carbocycles. The van der Waals surface area contributed by atoms with Crippen LogP contribution in [0, 0.1) is 21.7 Å². The van der Waals surface area contributed by atoms with E-state index in [-0.39, 0.29) is 12.0 Å². The molecule has 0 fully saturated rings. The number of nitrogens with zero attached hydrogens (tertiary/aromatic N) is 1. The van der Waals surface area contributed by atoms with Crippen molar-refractivity contribution in [1.82, 2.24) is 0 Å². The Morgan fingerprint density at radius 2 is 1.78 bits per heavy atom.